The highest BCUT2D eigenvalue weighted by atomic mass is 31.2. The van der Waals surface area contributed by atoms with Crippen molar-refractivity contribution in [2.75, 3.05) is 21.3 Å². The molecule has 7 heteroatoms. The van der Waals surface area contributed by atoms with Crippen molar-refractivity contribution in [3.8, 4) is 28.7 Å². The summed E-state index contributed by atoms with van der Waals surface area (Å²) in [5.41, 5.74) is 0. The first-order valence-corrected chi connectivity index (χ1v) is 10.0. The molecule has 0 atom stereocenters. The lowest BCUT2D eigenvalue weighted by Crippen LogP contribution is -2.14. The minimum absolute atomic E-state index is 0.397. The molecule has 0 N–H and O–H groups in total. The van der Waals surface area contributed by atoms with Crippen LogP contribution in [0, 0.1) is 0 Å². The topological polar surface area (TPSA) is 63.2 Å². The molecule has 3 aromatic rings. The molecule has 0 saturated heterocycles. The van der Waals surface area contributed by atoms with Crippen LogP contribution in [0.3, 0.4) is 0 Å². The van der Waals surface area contributed by atoms with Gasteiger partial charge in [-0.2, -0.15) is 0 Å². The summed E-state index contributed by atoms with van der Waals surface area (Å²) in [5.74, 6) is 2.77. The number of hydrogen-bond donors (Lipinski definition) is 0. The quantitative estimate of drug-likeness (QED) is 0.511. The molecular formula is C21H21O6P. The summed E-state index contributed by atoms with van der Waals surface area (Å²) in [6.45, 7) is 0. The third-order valence-electron chi connectivity index (χ3n) is 3.96. The van der Waals surface area contributed by atoms with E-state index in [1.54, 1.807) is 94.1 Å². The fourth-order valence-electron chi connectivity index (χ4n) is 2.44. The Hall–Kier alpha value is -3.11. The number of hydrogen-bond acceptors (Lipinski definition) is 6. The van der Waals surface area contributed by atoms with E-state index in [9.17, 15) is 4.57 Å². The van der Waals surface area contributed by atoms with Crippen molar-refractivity contribution in [2.45, 2.75) is 0 Å². The lowest BCUT2D eigenvalue weighted by molar-refractivity contribution is 0.394. The van der Waals surface area contributed by atoms with Gasteiger partial charge in [0, 0.05) is 0 Å². The molecular weight excluding hydrogens is 379 g/mol. The predicted molar refractivity (Wildman–Crippen MR) is 107 cm³/mol. The van der Waals surface area contributed by atoms with E-state index < -0.39 is 7.60 Å². The Labute approximate surface area is 164 Å². The molecule has 3 rings (SSSR count). The summed E-state index contributed by atoms with van der Waals surface area (Å²) in [5, 5.41) is 0.403. The summed E-state index contributed by atoms with van der Waals surface area (Å²) >= 11 is 0. The van der Waals surface area contributed by atoms with Crippen LogP contribution < -0.4 is 28.6 Å². The van der Waals surface area contributed by atoms with E-state index in [4.69, 9.17) is 23.3 Å². The molecule has 0 aliphatic carbocycles. The molecule has 0 amide bonds. The van der Waals surface area contributed by atoms with Gasteiger partial charge in [-0.3, -0.25) is 0 Å². The molecule has 0 aliphatic heterocycles. The average Bonchev–Trinajstić information content (AvgIpc) is 2.75. The van der Waals surface area contributed by atoms with Crippen molar-refractivity contribution in [2.24, 2.45) is 0 Å². The van der Waals surface area contributed by atoms with Gasteiger partial charge in [0.05, 0.1) is 26.6 Å². The third-order valence-corrected chi connectivity index (χ3v) is 5.79. The molecule has 6 nitrogen and oxygen atoms in total. The fourth-order valence-corrected chi connectivity index (χ4v) is 4.00. The molecule has 0 fully saturated rings. The van der Waals surface area contributed by atoms with Crippen LogP contribution in [-0.2, 0) is 4.57 Å². The number of rotatable bonds is 8. The van der Waals surface area contributed by atoms with E-state index in [0.717, 1.165) is 0 Å². The molecule has 0 spiro atoms. The van der Waals surface area contributed by atoms with Crippen molar-refractivity contribution in [1.82, 2.24) is 0 Å². The number of benzene rings is 3. The van der Waals surface area contributed by atoms with Crippen LogP contribution >= 0.6 is 7.60 Å². The lowest BCUT2D eigenvalue weighted by Gasteiger charge is -2.20. The van der Waals surface area contributed by atoms with Crippen LogP contribution in [-0.4, -0.2) is 21.3 Å². The van der Waals surface area contributed by atoms with Gasteiger partial charge < -0.3 is 23.3 Å². The monoisotopic (exact) mass is 400 g/mol. The Morgan fingerprint density at radius 3 is 1.11 bits per heavy atom. The zero-order valence-corrected chi connectivity index (χ0v) is 16.7. The number of methoxy groups -OCH3 is 3. The van der Waals surface area contributed by atoms with Gasteiger partial charge in [-0.15, -0.1) is 0 Å². The molecule has 0 aliphatic rings. The highest BCUT2D eigenvalue weighted by molar-refractivity contribution is 7.63. The van der Waals surface area contributed by atoms with E-state index in [2.05, 4.69) is 0 Å². The Bertz CT molecular complexity index is 883. The molecule has 146 valence electrons. The van der Waals surface area contributed by atoms with Gasteiger partial charge in [-0.05, 0) is 72.8 Å². The minimum Gasteiger partial charge on any atom is -0.497 e. The van der Waals surface area contributed by atoms with Crippen LogP contribution in [0.5, 0.6) is 28.7 Å². The van der Waals surface area contributed by atoms with Crippen LogP contribution in [0.2, 0.25) is 0 Å². The molecule has 0 heterocycles. The second kappa shape index (κ2) is 8.72. The summed E-state index contributed by atoms with van der Waals surface area (Å²) in [7, 11) is 0.984. The normalized spacial score (nSPS) is 10.8. The van der Waals surface area contributed by atoms with Crippen molar-refractivity contribution < 1.29 is 27.8 Å². The Kier molecular flexibility index (Phi) is 6.12. The first kappa shape index (κ1) is 19.6. The van der Waals surface area contributed by atoms with Gasteiger partial charge in [-0.1, -0.05) is 0 Å². The van der Waals surface area contributed by atoms with Crippen LogP contribution in [0.4, 0.5) is 0 Å². The van der Waals surface area contributed by atoms with Crippen LogP contribution in [0.15, 0.2) is 72.8 Å². The Morgan fingerprint density at radius 2 is 0.786 bits per heavy atom. The Balaban J connectivity index is 1.94. The molecule has 0 bridgehead atoms. The molecule has 0 aromatic heterocycles. The first-order valence-electron chi connectivity index (χ1n) is 8.48. The highest BCUT2D eigenvalue weighted by Gasteiger charge is 2.31. The molecule has 0 radical (unpaired) electrons. The zero-order chi connectivity index (χ0) is 20.0. The standard InChI is InChI=1S/C21H21O6P/c1-23-16-4-8-19(9-5-16)26-28(22,21-14-12-18(25-3)13-15-21)27-20-10-6-17(24-2)7-11-20/h4-15H,1-3H3. The summed E-state index contributed by atoms with van der Waals surface area (Å²) in [6, 6.07) is 20.3. The summed E-state index contributed by atoms with van der Waals surface area (Å²) < 4.78 is 40.8. The van der Waals surface area contributed by atoms with Gasteiger partial charge in [-0.25, -0.2) is 4.57 Å². The fraction of sp³-hybridized carbons (Fsp3) is 0.143. The van der Waals surface area contributed by atoms with Crippen molar-refractivity contribution in [3.63, 3.8) is 0 Å². The predicted octanol–water partition coefficient (Wildman–Crippen LogP) is 4.69. The molecule has 28 heavy (non-hydrogen) atoms. The van der Waals surface area contributed by atoms with E-state index in [0.29, 0.717) is 34.1 Å². The van der Waals surface area contributed by atoms with Crippen LogP contribution in [0.1, 0.15) is 0 Å². The van der Waals surface area contributed by atoms with E-state index >= 15 is 0 Å². The van der Waals surface area contributed by atoms with Crippen LogP contribution in [0.25, 0.3) is 0 Å². The lowest BCUT2D eigenvalue weighted by atomic mass is 10.3. The van der Waals surface area contributed by atoms with Gasteiger partial charge in [0.25, 0.3) is 0 Å². The maximum Gasteiger partial charge on any atom is 0.462 e. The largest absolute Gasteiger partial charge is 0.497 e. The SMILES string of the molecule is COc1ccc(OP(=O)(Oc2ccc(OC)cc2)c2ccc(OC)cc2)cc1. The third kappa shape index (κ3) is 4.59. The zero-order valence-electron chi connectivity index (χ0n) is 15.8. The van der Waals surface area contributed by atoms with Crippen molar-refractivity contribution >= 4 is 12.9 Å². The minimum atomic E-state index is -3.73. The Morgan fingerprint density at radius 1 is 0.500 bits per heavy atom. The maximum absolute atomic E-state index is 13.7. The smallest absolute Gasteiger partial charge is 0.462 e. The van der Waals surface area contributed by atoms with Gasteiger partial charge in [0.2, 0.25) is 0 Å². The van der Waals surface area contributed by atoms with Crippen molar-refractivity contribution in [3.05, 3.63) is 72.8 Å². The van der Waals surface area contributed by atoms with E-state index in [1.807, 2.05) is 0 Å². The summed E-state index contributed by atoms with van der Waals surface area (Å²) in [4.78, 5) is 0. The highest BCUT2D eigenvalue weighted by Crippen LogP contribution is 2.48. The van der Waals surface area contributed by atoms with Gasteiger partial charge in [0.15, 0.2) is 0 Å². The average molecular weight is 400 g/mol. The summed E-state index contributed by atoms with van der Waals surface area (Å²) in [6.07, 6.45) is 0. The van der Waals surface area contributed by atoms with E-state index in [1.165, 1.54) is 0 Å². The number of ether oxygens (including phenoxy) is 3. The molecule has 0 saturated carbocycles. The second-order valence-corrected chi connectivity index (χ2v) is 7.61. The molecule has 3 aromatic carbocycles. The van der Waals surface area contributed by atoms with E-state index in [-0.39, 0.29) is 0 Å². The van der Waals surface area contributed by atoms with Gasteiger partial charge in [0.1, 0.15) is 28.7 Å². The maximum atomic E-state index is 13.7. The second-order valence-electron chi connectivity index (χ2n) is 5.73. The van der Waals surface area contributed by atoms with Gasteiger partial charge >= 0.3 is 7.60 Å². The van der Waals surface area contributed by atoms with Crippen molar-refractivity contribution in [1.29, 1.82) is 0 Å². The molecule has 0 unspecified atom stereocenters. The first-order chi connectivity index (χ1) is 13.6.